The first-order valence-corrected chi connectivity index (χ1v) is 3.93. The molecule has 0 bridgehead atoms. The van der Waals surface area contributed by atoms with Crippen LogP contribution in [-0.4, -0.2) is 10.1 Å². The molecule has 2 nitrogen and oxygen atoms in total. The SMILES string of the molecule is Cc1nc2ccc(F)cc2cc1O. The molecule has 1 heterocycles. The van der Waals surface area contributed by atoms with E-state index in [9.17, 15) is 9.50 Å². The fourth-order valence-corrected chi connectivity index (χ4v) is 1.23. The summed E-state index contributed by atoms with van der Waals surface area (Å²) in [6.07, 6.45) is 0. The number of hydrogen-bond donors (Lipinski definition) is 1. The molecule has 0 radical (unpaired) electrons. The first-order chi connectivity index (χ1) is 6.16. The molecule has 0 saturated heterocycles. The van der Waals surface area contributed by atoms with E-state index in [1.807, 2.05) is 0 Å². The third-order valence-electron chi connectivity index (χ3n) is 1.94. The van der Waals surface area contributed by atoms with Crippen molar-refractivity contribution in [1.29, 1.82) is 0 Å². The smallest absolute Gasteiger partial charge is 0.137 e. The topological polar surface area (TPSA) is 33.1 Å². The lowest BCUT2D eigenvalue weighted by Gasteiger charge is -2.01. The van der Waals surface area contributed by atoms with Crippen molar-refractivity contribution < 1.29 is 9.50 Å². The molecule has 1 N–H and O–H groups in total. The van der Waals surface area contributed by atoms with Crippen LogP contribution >= 0.6 is 0 Å². The van der Waals surface area contributed by atoms with Gasteiger partial charge in [-0.2, -0.15) is 0 Å². The van der Waals surface area contributed by atoms with Gasteiger partial charge in [0.05, 0.1) is 11.2 Å². The summed E-state index contributed by atoms with van der Waals surface area (Å²) in [5.74, 6) is -0.226. The molecule has 13 heavy (non-hydrogen) atoms. The number of rotatable bonds is 0. The Bertz CT molecular complexity index is 468. The highest BCUT2D eigenvalue weighted by atomic mass is 19.1. The monoisotopic (exact) mass is 177 g/mol. The van der Waals surface area contributed by atoms with Gasteiger partial charge in [0.25, 0.3) is 0 Å². The van der Waals surface area contributed by atoms with Gasteiger partial charge in [0.15, 0.2) is 0 Å². The molecular formula is C10H8FNO. The van der Waals surface area contributed by atoms with Crippen LogP contribution in [-0.2, 0) is 0 Å². The highest BCUT2D eigenvalue weighted by molar-refractivity contribution is 5.80. The maximum Gasteiger partial charge on any atom is 0.137 e. The zero-order chi connectivity index (χ0) is 9.42. The van der Waals surface area contributed by atoms with Crippen molar-refractivity contribution in [2.45, 2.75) is 6.92 Å². The number of aromatic nitrogens is 1. The molecule has 3 heteroatoms. The summed E-state index contributed by atoms with van der Waals surface area (Å²) in [5, 5.41) is 9.94. The minimum atomic E-state index is -0.322. The Balaban J connectivity index is 2.81. The molecular weight excluding hydrogens is 169 g/mol. The second kappa shape index (κ2) is 2.69. The van der Waals surface area contributed by atoms with Gasteiger partial charge in [-0.1, -0.05) is 0 Å². The minimum absolute atomic E-state index is 0.0955. The second-order valence-electron chi connectivity index (χ2n) is 2.93. The molecule has 1 aromatic carbocycles. The molecule has 0 amide bonds. The Morgan fingerprint density at radius 1 is 1.31 bits per heavy atom. The lowest BCUT2D eigenvalue weighted by Crippen LogP contribution is -1.85. The fraction of sp³-hybridized carbons (Fsp3) is 0.100. The van der Waals surface area contributed by atoms with Crippen LogP contribution in [0.15, 0.2) is 24.3 Å². The lowest BCUT2D eigenvalue weighted by atomic mass is 10.2. The molecule has 0 aliphatic rings. The van der Waals surface area contributed by atoms with Crippen molar-refractivity contribution in [3.63, 3.8) is 0 Å². The van der Waals surface area contributed by atoms with Gasteiger partial charge in [0, 0.05) is 5.39 Å². The first kappa shape index (κ1) is 7.98. The van der Waals surface area contributed by atoms with Crippen molar-refractivity contribution in [3.8, 4) is 5.75 Å². The fourth-order valence-electron chi connectivity index (χ4n) is 1.23. The van der Waals surface area contributed by atoms with Crippen molar-refractivity contribution in [2.24, 2.45) is 0 Å². The quantitative estimate of drug-likeness (QED) is 0.670. The summed E-state index contributed by atoms with van der Waals surface area (Å²) >= 11 is 0. The third kappa shape index (κ3) is 1.33. The summed E-state index contributed by atoms with van der Waals surface area (Å²) < 4.78 is 12.8. The molecule has 2 aromatic rings. The standard InChI is InChI=1S/C10H8FNO/c1-6-10(13)5-7-4-8(11)2-3-9(7)12-6/h2-5,13H,1H3. The van der Waals surface area contributed by atoms with Crippen LogP contribution in [0.4, 0.5) is 4.39 Å². The van der Waals surface area contributed by atoms with Gasteiger partial charge in [-0.25, -0.2) is 9.37 Å². The molecule has 0 aliphatic heterocycles. The van der Waals surface area contributed by atoms with Crippen molar-refractivity contribution >= 4 is 10.9 Å². The highest BCUT2D eigenvalue weighted by Gasteiger charge is 2.01. The maximum atomic E-state index is 12.8. The van der Waals surface area contributed by atoms with Crippen LogP contribution in [0.3, 0.4) is 0 Å². The maximum absolute atomic E-state index is 12.8. The number of halogens is 1. The minimum Gasteiger partial charge on any atom is -0.506 e. The third-order valence-corrected chi connectivity index (χ3v) is 1.94. The van der Waals surface area contributed by atoms with Crippen molar-refractivity contribution in [1.82, 2.24) is 4.98 Å². The summed E-state index contributed by atoms with van der Waals surface area (Å²) in [4.78, 5) is 4.10. The summed E-state index contributed by atoms with van der Waals surface area (Å²) in [5.41, 5.74) is 1.25. The van der Waals surface area contributed by atoms with E-state index in [1.54, 1.807) is 13.0 Å². The summed E-state index contributed by atoms with van der Waals surface area (Å²) in [7, 11) is 0. The number of fused-ring (bicyclic) bond motifs is 1. The number of hydrogen-bond acceptors (Lipinski definition) is 2. The van der Waals surface area contributed by atoms with Gasteiger partial charge in [-0.15, -0.1) is 0 Å². The molecule has 1 aromatic heterocycles. The zero-order valence-corrected chi connectivity index (χ0v) is 7.08. The van der Waals surface area contributed by atoms with Crippen LogP contribution in [0.5, 0.6) is 5.75 Å². The highest BCUT2D eigenvalue weighted by Crippen LogP contribution is 2.21. The molecule has 0 aliphatic carbocycles. The molecule has 66 valence electrons. The van der Waals surface area contributed by atoms with Gasteiger partial charge in [0.1, 0.15) is 11.6 Å². The first-order valence-electron chi connectivity index (χ1n) is 3.93. The summed E-state index contributed by atoms with van der Waals surface area (Å²) in [6, 6.07) is 5.81. The molecule has 0 atom stereocenters. The van der Waals surface area contributed by atoms with Gasteiger partial charge in [0.2, 0.25) is 0 Å². The number of aryl methyl sites for hydroxylation is 1. The van der Waals surface area contributed by atoms with Gasteiger partial charge in [-0.3, -0.25) is 0 Å². The predicted molar refractivity (Wildman–Crippen MR) is 48.1 cm³/mol. The Kier molecular flexibility index (Phi) is 1.65. The average molecular weight is 177 g/mol. The Morgan fingerprint density at radius 3 is 2.85 bits per heavy atom. The normalized spacial score (nSPS) is 10.6. The van der Waals surface area contributed by atoms with E-state index < -0.39 is 0 Å². The van der Waals surface area contributed by atoms with Crippen LogP contribution in [0.1, 0.15) is 5.69 Å². The van der Waals surface area contributed by atoms with E-state index in [-0.39, 0.29) is 11.6 Å². The van der Waals surface area contributed by atoms with E-state index >= 15 is 0 Å². The Labute approximate surface area is 74.7 Å². The van der Waals surface area contributed by atoms with Gasteiger partial charge in [-0.05, 0) is 31.2 Å². The molecule has 0 spiro atoms. The second-order valence-corrected chi connectivity index (χ2v) is 2.93. The summed E-state index contributed by atoms with van der Waals surface area (Å²) in [6.45, 7) is 1.71. The molecule has 0 fully saturated rings. The van der Waals surface area contributed by atoms with E-state index in [4.69, 9.17) is 0 Å². The Morgan fingerprint density at radius 2 is 2.08 bits per heavy atom. The van der Waals surface area contributed by atoms with Crippen molar-refractivity contribution in [2.75, 3.05) is 0 Å². The van der Waals surface area contributed by atoms with Gasteiger partial charge < -0.3 is 5.11 Å². The van der Waals surface area contributed by atoms with Crippen LogP contribution in [0, 0.1) is 12.7 Å². The van der Waals surface area contributed by atoms with Crippen LogP contribution < -0.4 is 0 Å². The average Bonchev–Trinajstić information content (AvgIpc) is 2.08. The number of aromatic hydroxyl groups is 1. The number of pyridine rings is 1. The molecule has 2 rings (SSSR count). The van der Waals surface area contributed by atoms with E-state index in [2.05, 4.69) is 4.98 Å². The predicted octanol–water partition coefficient (Wildman–Crippen LogP) is 2.39. The lowest BCUT2D eigenvalue weighted by molar-refractivity contribution is 0.469. The zero-order valence-electron chi connectivity index (χ0n) is 7.08. The van der Waals surface area contributed by atoms with E-state index in [1.165, 1.54) is 18.2 Å². The van der Waals surface area contributed by atoms with Gasteiger partial charge >= 0.3 is 0 Å². The number of benzene rings is 1. The largest absolute Gasteiger partial charge is 0.506 e. The van der Waals surface area contributed by atoms with Crippen molar-refractivity contribution in [3.05, 3.63) is 35.8 Å². The van der Waals surface area contributed by atoms with Crippen LogP contribution in [0.2, 0.25) is 0 Å². The van der Waals surface area contributed by atoms with E-state index in [0.29, 0.717) is 16.6 Å². The van der Waals surface area contributed by atoms with Crippen LogP contribution in [0.25, 0.3) is 10.9 Å². The molecule has 0 saturated carbocycles. The number of nitrogens with zero attached hydrogens (tertiary/aromatic N) is 1. The Hall–Kier alpha value is -1.64. The molecule has 0 unspecified atom stereocenters. The van der Waals surface area contributed by atoms with E-state index in [0.717, 1.165) is 0 Å².